The van der Waals surface area contributed by atoms with Gasteiger partial charge in [0.15, 0.2) is 15.4 Å². The number of benzene rings is 4. The smallest absolute Gasteiger partial charge is 0.336 e. The largest absolute Gasteiger partial charge is 0.612 e. The lowest BCUT2D eigenvalue weighted by Crippen LogP contribution is -2.42. The molecule has 14 nitrogen and oxygen atoms in total. The molecule has 1 unspecified atom stereocenters. The number of likely N-dealkylation sites (tertiary alicyclic amines) is 1. The SMILES string of the molecule is COc1ccc(C2CCN(CC[C@H](CN(C)C(=O)c3c([S+](C)[O-])c(C#N)cc4ccccc34)c3ccc(Cl)c(Cl)c3)CC2)c([S@+](C)[O-])c1.O=C(O)CC(O)(CC(=O)O)C(=O)O. The lowest BCUT2D eigenvalue weighted by molar-refractivity contribution is -0.170. The van der Waals surface area contributed by atoms with Crippen molar-refractivity contribution in [2.24, 2.45) is 0 Å². The molecule has 0 radical (unpaired) electrons. The molecule has 1 fully saturated rings. The Balaban J connectivity index is 0.000000544. The van der Waals surface area contributed by atoms with Crippen molar-refractivity contribution in [2.75, 3.05) is 52.8 Å². The number of fused-ring (bicyclic) bond motifs is 1. The van der Waals surface area contributed by atoms with E-state index < -0.39 is 58.7 Å². The van der Waals surface area contributed by atoms with Crippen molar-refractivity contribution in [2.45, 2.75) is 59.3 Å². The van der Waals surface area contributed by atoms with E-state index in [0.717, 1.165) is 60.3 Å². The van der Waals surface area contributed by atoms with E-state index in [-0.39, 0.29) is 22.3 Å². The number of amides is 1. The Morgan fingerprint density at radius 1 is 0.951 bits per heavy atom. The van der Waals surface area contributed by atoms with Gasteiger partial charge in [-0.2, -0.15) is 5.26 Å². The number of carbonyl (C=O) groups excluding carboxylic acids is 1. The van der Waals surface area contributed by atoms with Crippen LogP contribution >= 0.6 is 23.2 Å². The maximum Gasteiger partial charge on any atom is 0.336 e. The minimum Gasteiger partial charge on any atom is -0.612 e. The van der Waals surface area contributed by atoms with Gasteiger partial charge in [-0.05, 0) is 108 Å². The molecule has 0 spiro atoms. The summed E-state index contributed by atoms with van der Waals surface area (Å²) < 4.78 is 30.9. The van der Waals surface area contributed by atoms with Crippen LogP contribution in [0.4, 0.5) is 0 Å². The van der Waals surface area contributed by atoms with Crippen molar-refractivity contribution >= 4 is 80.1 Å². The summed E-state index contributed by atoms with van der Waals surface area (Å²) in [4.78, 5) is 49.9. The number of methoxy groups -OCH3 is 1. The first-order valence-corrected chi connectivity index (χ1v) is 22.8. The summed E-state index contributed by atoms with van der Waals surface area (Å²) in [6.45, 7) is 2.99. The maximum absolute atomic E-state index is 14.2. The molecule has 18 heteroatoms. The molecule has 1 aliphatic rings. The number of carboxylic acid groups (broad SMARTS) is 3. The highest BCUT2D eigenvalue weighted by Crippen LogP contribution is 2.36. The average Bonchev–Trinajstić information content (AvgIpc) is 3.21. The normalized spacial score (nSPS) is 14.8. The van der Waals surface area contributed by atoms with Crippen LogP contribution in [-0.4, -0.2) is 122 Å². The van der Waals surface area contributed by atoms with E-state index in [9.17, 15) is 33.5 Å². The Morgan fingerprint density at radius 3 is 2.13 bits per heavy atom. The molecule has 0 saturated carbocycles. The number of aliphatic carboxylic acids is 3. The topological polar surface area (TPSA) is 235 Å². The molecule has 4 aromatic carbocycles. The zero-order valence-electron chi connectivity index (χ0n) is 33.9. The highest BCUT2D eigenvalue weighted by molar-refractivity contribution is 7.91. The molecule has 1 aliphatic heterocycles. The number of piperidine rings is 1. The van der Waals surface area contributed by atoms with Crippen molar-refractivity contribution in [3.05, 3.63) is 99.0 Å². The van der Waals surface area contributed by atoms with E-state index in [1.54, 1.807) is 37.4 Å². The van der Waals surface area contributed by atoms with E-state index in [1.807, 2.05) is 48.5 Å². The van der Waals surface area contributed by atoms with Gasteiger partial charge in [-0.1, -0.05) is 59.6 Å². The second-order valence-electron chi connectivity index (χ2n) is 14.7. The standard InChI is InChI=1S/C37H39Cl2N3O4S2.C6H8O7/c1-41(37(43)35-31-8-6-5-7-26(31)19-28(22-40)36(35)48(4)45)23-27(25-9-12-32(38)33(39)20-25)15-18-42-16-13-24(14-17-42)30-11-10-29(46-2)21-34(30)47(3)44;7-3(8)1-6(13,5(11)12)2-4(9)10/h5-12,19-21,24,27H,13-18,23H2,1-4H3;13H,1-2H2,(H,7,8)(H,9,10)(H,11,12)/t27-,47+,48?;/m1./s1. The minimum absolute atomic E-state index is 0.0665. The van der Waals surface area contributed by atoms with Gasteiger partial charge in [-0.3, -0.25) is 14.4 Å². The molecule has 5 rings (SSSR count). The van der Waals surface area contributed by atoms with Gasteiger partial charge in [0.1, 0.15) is 35.5 Å². The van der Waals surface area contributed by atoms with E-state index in [1.165, 1.54) is 6.26 Å². The van der Waals surface area contributed by atoms with Gasteiger partial charge < -0.3 is 44.1 Å². The summed E-state index contributed by atoms with van der Waals surface area (Å²) in [5, 5.41) is 46.0. The number of nitrogens with zero attached hydrogens (tertiary/aromatic N) is 3. The predicted molar refractivity (Wildman–Crippen MR) is 233 cm³/mol. The zero-order chi connectivity index (χ0) is 45.2. The van der Waals surface area contributed by atoms with E-state index >= 15 is 0 Å². The third-order valence-electron chi connectivity index (χ3n) is 10.5. The molecular weight excluding hydrogens is 870 g/mol. The molecule has 0 aliphatic carbocycles. The molecule has 3 atom stereocenters. The molecule has 1 amide bonds. The molecule has 1 saturated heterocycles. The predicted octanol–water partition coefficient (Wildman–Crippen LogP) is 6.38. The van der Waals surface area contributed by atoms with Crippen molar-refractivity contribution in [3.63, 3.8) is 0 Å². The number of nitriles is 1. The molecule has 326 valence electrons. The van der Waals surface area contributed by atoms with Crippen molar-refractivity contribution in [3.8, 4) is 11.8 Å². The molecule has 4 N–H and O–H groups in total. The van der Waals surface area contributed by atoms with Crippen LogP contribution in [0.25, 0.3) is 10.8 Å². The molecule has 1 heterocycles. The first-order valence-electron chi connectivity index (χ1n) is 18.9. The van der Waals surface area contributed by atoms with Gasteiger partial charge in [0.2, 0.25) is 0 Å². The fourth-order valence-corrected chi connectivity index (χ4v) is 9.46. The van der Waals surface area contributed by atoms with E-state index in [0.29, 0.717) is 39.2 Å². The highest BCUT2D eigenvalue weighted by atomic mass is 35.5. The number of ether oxygens (including phenoxy) is 1. The van der Waals surface area contributed by atoms with Gasteiger partial charge in [0.05, 0.1) is 30.0 Å². The summed E-state index contributed by atoms with van der Waals surface area (Å²) in [6, 6.07) is 22.7. The fraction of sp³-hybridized carbons (Fsp3) is 0.372. The number of carboxylic acids is 3. The monoisotopic (exact) mass is 915 g/mol. The second kappa shape index (κ2) is 22.0. The second-order valence-corrected chi connectivity index (χ2v) is 18.2. The Morgan fingerprint density at radius 2 is 1.59 bits per heavy atom. The number of rotatable bonds is 16. The number of aliphatic hydroxyl groups is 1. The number of carbonyl (C=O) groups is 4. The fourth-order valence-electron chi connectivity index (χ4n) is 7.40. The van der Waals surface area contributed by atoms with Crippen LogP contribution in [0.1, 0.15) is 71.0 Å². The summed E-state index contributed by atoms with van der Waals surface area (Å²) in [5.74, 6) is -4.35. The summed E-state index contributed by atoms with van der Waals surface area (Å²) >= 11 is 10.1. The Hall–Kier alpha value is -4.57. The molecule has 4 aromatic rings. The van der Waals surface area contributed by atoms with Crippen LogP contribution in [0, 0.1) is 11.3 Å². The van der Waals surface area contributed by atoms with Crippen LogP contribution in [0.2, 0.25) is 10.0 Å². The highest BCUT2D eigenvalue weighted by Gasteiger charge is 2.41. The van der Waals surface area contributed by atoms with E-state index in [4.69, 9.17) is 48.4 Å². The van der Waals surface area contributed by atoms with Gasteiger partial charge >= 0.3 is 17.9 Å². The van der Waals surface area contributed by atoms with Gasteiger partial charge in [0.25, 0.3) is 5.91 Å². The number of likely N-dealkylation sites (N-methyl/N-ethyl adjacent to an activating group) is 1. The van der Waals surface area contributed by atoms with Crippen molar-refractivity contribution < 1.29 is 53.4 Å². The van der Waals surface area contributed by atoms with Gasteiger partial charge in [-0.25, -0.2) is 4.79 Å². The van der Waals surface area contributed by atoms with Crippen LogP contribution < -0.4 is 4.74 Å². The molecule has 61 heavy (non-hydrogen) atoms. The van der Waals surface area contributed by atoms with Crippen LogP contribution in [0.15, 0.2) is 76.5 Å². The third kappa shape index (κ3) is 12.7. The third-order valence-corrected chi connectivity index (χ3v) is 13.2. The molecular formula is C43H47Cl2N3O11S2. The number of halogens is 2. The molecule has 0 aromatic heterocycles. The summed E-state index contributed by atoms with van der Waals surface area (Å²) in [7, 11) is 3.37. The van der Waals surface area contributed by atoms with Crippen molar-refractivity contribution in [1.29, 1.82) is 5.26 Å². The minimum atomic E-state index is -2.74. The Labute approximate surface area is 370 Å². The Bertz CT molecular complexity index is 2260. The zero-order valence-corrected chi connectivity index (χ0v) is 37.1. The van der Waals surface area contributed by atoms with Gasteiger partial charge in [-0.15, -0.1) is 0 Å². The quantitative estimate of drug-likeness (QED) is 0.0895. The first kappa shape index (κ1) is 49.1. The molecule has 0 bridgehead atoms. The maximum atomic E-state index is 14.2. The van der Waals surface area contributed by atoms with E-state index in [2.05, 4.69) is 17.0 Å². The number of hydrogen-bond donors (Lipinski definition) is 4. The van der Waals surface area contributed by atoms with Crippen LogP contribution in [-0.2, 0) is 36.7 Å². The van der Waals surface area contributed by atoms with Crippen molar-refractivity contribution in [1.82, 2.24) is 9.80 Å². The number of hydrogen-bond acceptors (Lipinski definition) is 10. The van der Waals surface area contributed by atoms with Crippen LogP contribution in [0.3, 0.4) is 0 Å². The lowest BCUT2D eigenvalue weighted by atomic mass is 9.88. The average molecular weight is 917 g/mol. The summed E-state index contributed by atoms with van der Waals surface area (Å²) in [5.41, 5.74) is -0.0957. The Kier molecular flexibility index (Phi) is 17.7. The summed E-state index contributed by atoms with van der Waals surface area (Å²) in [6.07, 6.45) is 3.59. The first-order chi connectivity index (χ1) is 28.8. The lowest BCUT2D eigenvalue weighted by Gasteiger charge is -2.34. The van der Waals surface area contributed by atoms with Gasteiger partial charge in [0, 0.05) is 31.1 Å². The van der Waals surface area contributed by atoms with Crippen LogP contribution in [0.5, 0.6) is 5.75 Å².